The third kappa shape index (κ3) is 9.51. The van der Waals surface area contributed by atoms with Crippen LogP contribution in [0.1, 0.15) is 44.4 Å². The first-order chi connectivity index (χ1) is 35.0. The van der Waals surface area contributed by atoms with E-state index in [-0.39, 0.29) is 35.4 Å². The standard InChI is InChI=1S/C54H51N9O7S2/c1-2-8-45(65)62-27-38-26-37(62)28-63(38)53-58-47(49(72-53)51(56)67)35-16-20-41(21-17-35)70-42-12-6-9-36(25-42)43-29-59(23-24-68-43)22-7-13-44(64)60-30-54(31-60)32-61(33-54)52-57-46(48(71-52)50(55)66)34-14-18-40(19-15-34)69-39-10-4-3-5-11-39/h3-7,9-21,25,37-38,43H,22-24,26-33H2,1H3,(H2,55,66)(H2,56,67)/b13-7+/t37-,38-,43?/m0/s1. The molecule has 6 aromatic rings. The normalized spacial score (nSPS) is 20.0. The molecular weight excluding hydrogens is 951 g/mol. The van der Waals surface area contributed by atoms with Gasteiger partial charge in [0.05, 0.1) is 36.2 Å². The van der Waals surface area contributed by atoms with Crippen molar-refractivity contribution < 1.29 is 33.4 Å². The van der Waals surface area contributed by atoms with Crippen molar-refractivity contribution in [2.24, 2.45) is 16.9 Å². The van der Waals surface area contributed by atoms with Crippen LogP contribution in [0.15, 0.2) is 115 Å². The molecule has 2 bridgehead atoms. The lowest BCUT2D eigenvalue weighted by Gasteiger charge is -2.60. The molecule has 4 amide bonds. The maximum atomic E-state index is 13.2. The number of likely N-dealkylation sites (tertiary alicyclic amines) is 2. The van der Waals surface area contributed by atoms with Gasteiger partial charge in [0.1, 0.15) is 32.8 Å². The molecule has 72 heavy (non-hydrogen) atoms. The number of primary amides is 2. The Hall–Kier alpha value is -7.56. The van der Waals surface area contributed by atoms with E-state index in [0.29, 0.717) is 89.4 Å². The fraction of sp³-hybridized carbons (Fsp3) is 0.296. The van der Waals surface area contributed by atoms with Gasteiger partial charge in [-0.05, 0) is 97.6 Å². The number of amides is 4. The maximum Gasteiger partial charge on any atom is 0.298 e. The molecule has 11 rings (SSSR count). The van der Waals surface area contributed by atoms with Gasteiger partial charge in [0, 0.05) is 81.5 Å². The lowest BCUT2D eigenvalue weighted by atomic mass is 9.73. The van der Waals surface area contributed by atoms with Gasteiger partial charge in [-0.25, -0.2) is 9.97 Å². The zero-order valence-electron chi connectivity index (χ0n) is 39.4. The van der Waals surface area contributed by atoms with Crippen LogP contribution in [0, 0.1) is 17.3 Å². The van der Waals surface area contributed by atoms with Crippen molar-refractivity contribution in [1.82, 2.24) is 24.7 Å². The molecule has 5 aliphatic heterocycles. The number of thiazole rings is 2. The average molecular weight is 1000 g/mol. The number of carbonyl (C=O) groups is 4. The number of ether oxygens (including phenoxy) is 3. The molecule has 2 aromatic heterocycles. The Balaban J connectivity index is 0.647. The summed E-state index contributed by atoms with van der Waals surface area (Å²) < 4.78 is 18.4. The molecule has 1 spiro atoms. The lowest BCUT2D eigenvalue weighted by molar-refractivity contribution is -0.139. The van der Waals surface area contributed by atoms with Gasteiger partial charge in [-0.3, -0.25) is 24.1 Å². The summed E-state index contributed by atoms with van der Waals surface area (Å²) in [6.45, 7) is 8.28. The fourth-order valence-electron chi connectivity index (χ4n) is 10.3. The number of hydrogen-bond donors (Lipinski definition) is 2. The summed E-state index contributed by atoms with van der Waals surface area (Å²) in [6, 6.07) is 32.5. The predicted molar refractivity (Wildman–Crippen MR) is 275 cm³/mol. The molecule has 16 nitrogen and oxygen atoms in total. The van der Waals surface area contributed by atoms with Crippen molar-refractivity contribution in [2.45, 2.75) is 31.5 Å². The number of morpholine rings is 1. The van der Waals surface area contributed by atoms with Crippen molar-refractivity contribution in [3.63, 3.8) is 0 Å². The van der Waals surface area contributed by atoms with Crippen LogP contribution in [0.5, 0.6) is 23.0 Å². The van der Waals surface area contributed by atoms with Gasteiger partial charge in [0.25, 0.3) is 17.7 Å². The van der Waals surface area contributed by atoms with E-state index in [4.69, 9.17) is 35.6 Å². The predicted octanol–water partition coefficient (Wildman–Crippen LogP) is 6.81. The van der Waals surface area contributed by atoms with Crippen molar-refractivity contribution in [3.8, 4) is 57.4 Å². The highest BCUT2D eigenvalue weighted by atomic mass is 32.1. The van der Waals surface area contributed by atoms with Gasteiger partial charge < -0.3 is 45.3 Å². The molecule has 18 heteroatoms. The molecule has 3 atom stereocenters. The van der Waals surface area contributed by atoms with Crippen molar-refractivity contribution in [3.05, 3.63) is 131 Å². The molecule has 1 unspecified atom stereocenters. The maximum absolute atomic E-state index is 13.2. The Kier molecular flexibility index (Phi) is 12.7. The van der Waals surface area contributed by atoms with Crippen LogP contribution < -0.4 is 30.7 Å². The number of aromatic nitrogens is 2. The summed E-state index contributed by atoms with van der Waals surface area (Å²) in [5.41, 5.74) is 15.3. The highest BCUT2D eigenvalue weighted by Crippen LogP contribution is 2.45. The van der Waals surface area contributed by atoms with E-state index < -0.39 is 11.8 Å². The van der Waals surface area contributed by atoms with Crippen LogP contribution in [0.25, 0.3) is 22.5 Å². The molecule has 4 aromatic carbocycles. The van der Waals surface area contributed by atoms with Crippen LogP contribution in [-0.4, -0.2) is 126 Å². The number of benzene rings is 4. The monoisotopic (exact) mass is 1000 g/mol. The molecule has 5 aliphatic rings. The van der Waals surface area contributed by atoms with Crippen LogP contribution in [0.2, 0.25) is 0 Å². The van der Waals surface area contributed by atoms with E-state index >= 15 is 0 Å². The third-order valence-electron chi connectivity index (χ3n) is 13.8. The second kappa shape index (κ2) is 19.6. The number of nitrogens with two attached hydrogens (primary N) is 2. The van der Waals surface area contributed by atoms with E-state index in [1.54, 1.807) is 13.0 Å². The molecule has 366 valence electrons. The smallest absolute Gasteiger partial charge is 0.298 e. The van der Waals surface area contributed by atoms with Crippen LogP contribution in [-0.2, 0) is 14.3 Å². The summed E-state index contributed by atoms with van der Waals surface area (Å²) in [5.74, 6) is 6.83. The average Bonchev–Trinajstić information content (AvgIpc) is 4.19. The summed E-state index contributed by atoms with van der Waals surface area (Å²) in [4.78, 5) is 71.6. The number of anilines is 2. The topological polar surface area (TPSA) is 190 Å². The molecule has 5 fully saturated rings. The van der Waals surface area contributed by atoms with E-state index in [2.05, 4.69) is 26.5 Å². The minimum Gasteiger partial charge on any atom is -0.457 e. The molecule has 0 saturated carbocycles. The Bertz CT molecular complexity index is 3130. The van der Waals surface area contributed by atoms with Crippen LogP contribution in [0.3, 0.4) is 0 Å². The number of nitrogens with zero attached hydrogens (tertiary/aromatic N) is 7. The summed E-state index contributed by atoms with van der Waals surface area (Å²) in [7, 11) is 0. The number of carbonyl (C=O) groups excluding carboxylic acids is 4. The third-order valence-corrected chi connectivity index (χ3v) is 16.1. The van der Waals surface area contributed by atoms with E-state index in [9.17, 15) is 19.2 Å². The van der Waals surface area contributed by atoms with Crippen LogP contribution in [0.4, 0.5) is 10.3 Å². The number of piperazine rings is 1. The summed E-state index contributed by atoms with van der Waals surface area (Å²) >= 11 is 2.58. The summed E-state index contributed by atoms with van der Waals surface area (Å²) in [5, 5.41) is 1.46. The highest BCUT2D eigenvalue weighted by Gasteiger charge is 2.54. The molecule has 4 N–H and O–H groups in total. The summed E-state index contributed by atoms with van der Waals surface area (Å²) in [6.07, 6.45) is 4.27. The minimum atomic E-state index is -0.540. The largest absolute Gasteiger partial charge is 0.457 e. The zero-order chi connectivity index (χ0) is 49.5. The second-order valence-corrected chi connectivity index (χ2v) is 20.8. The zero-order valence-corrected chi connectivity index (χ0v) is 41.1. The molecule has 7 heterocycles. The van der Waals surface area contributed by atoms with Gasteiger partial charge in [0.2, 0.25) is 5.91 Å². The van der Waals surface area contributed by atoms with E-state index in [0.717, 1.165) is 53.6 Å². The number of hydrogen-bond acceptors (Lipinski definition) is 14. The Morgan fingerprint density at radius 3 is 2.01 bits per heavy atom. The van der Waals surface area contributed by atoms with E-state index in [1.165, 1.54) is 22.7 Å². The van der Waals surface area contributed by atoms with Gasteiger partial charge in [-0.15, -0.1) is 0 Å². The van der Waals surface area contributed by atoms with Crippen molar-refractivity contribution >= 4 is 56.6 Å². The number of fused-ring (bicyclic) bond motifs is 2. The molecule has 5 saturated heterocycles. The first kappa shape index (κ1) is 46.8. The van der Waals surface area contributed by atoms with Gasteiger partial charge in [-0.1, -0.05) is 65.0 Å². The van der Waals surface area contributed by atoms with Crippen LogP contribution >= 0.6 is 22.7 Å². The second-order valence-electron chi connectivity index (χ2n) is 18.8. The SMILES string of the molecule is CC#CC(=O)N1C[C@@H]2C[C@H]1CN2c1nc(-c2ccc(Oc3cccc(C4CN(C/C=C/C(=O)N5CC6(C5)CN(c5nc(-c7ccc(Oc8ccccc8)cc7)c(C(N)=O)s5)C6)CCO4)c3)cc2)c(C(N)=O)s1. The minimum absolute atomic E-state index is 0.00211. The Morgan fingerprint density at radius 1 is 0.750 bits per heavy atom. The number of rotatable bonds is 14. The molecule has 0 aliphatic carbocycles. The van der Waals surface area contributed by atoms with Gasteiger partial charge in [0.15, 0.2) is 10.3 Å². The fourth-order valence-corrected chi connectivity index (χ4v) is 12.3. The highest BCUT2D eigenvalue weighted by molar-refractivity contribution is 7.18. The quantitative estimate of drug-likeness (QED) is 0.0859. The van der Waals surface area contributed by atoms with E-state index in [1.807, 2.05) is 119 Å². The lowest BCUT2D eigenvalue weighted by Crippen LogP contribution is -2.73. The van der Waals surface area contributed by atoms with Crippen molar-refractivity contribution in [1.29, 1.82) is 0 Å². The Labute approximate surface area is 424 Å². The van der Waals surface area contributed by atoms with Gasteiger partial charge >= 0.3 is 0 Å². The Morgan fingerprint density at radius 2 is 1.38 bits per heavy atom. The molecular formula is C54H51N9O7S2. The van der Waals surface area contributed by atoms with Crippen molar-refractivity contribution in [2.75, 3.05) is 75.3 Å². The first-order valence-electron chi connectivity index (χ1n) is 23.9. The molecule has 0 radical (unpaired) electrons. The first-order valence-corrected chi connectivity index (χ1v) is 25.5. The van der Waals surface area contributed by atoms with Gasteiger partial charge in [-0.2, -0.15) is 0 Å². The number of para-hydroxylation sites is 1.